The average Bonchev–Trinajstić information content (AvgIpc) is 2.96. The van der Waals surface area contributed by atoms with Gasteiger partial charge in [-0.05, 0) is 32.0 Å². The zero-order chi connectivity index (χ0) is 13.7. The highest BCUT2D eigenvalue weighted by atomic mass is 32.1. The molecule has 0 radical (unpaired) electrons. The molecule has 1 fully saturated rings. The number of nitrogens with one attached hydrogen (secondary N) is 1. The Hall–Kier alpha value is -0.460. The molecule has 1 atom stereocenters. The van der Waals surface area contributed by atoms with Crippen molar-refractivity contribution in [3.05, 3.63) is 21.9 Å². The molecule has 1 aromatic rings. The van der Waals surface area contributed by atoms with Crippen molar-refractivity contribution in [2.45, 2.75) is 25.5 Å². The summed E-state index contributed by atoms with van der Waals surface area (Å²) in [6.45, 7) is 6.89. The van der Waals surface area contributed by atoms with Crippen molar-refractivity contribution in [2.24, 2.45) is 0 Å². The Morgan fingerprint density at radius 2 is 2.37 bits per heavy atom. The van der Waals surface area contributed by atoms with Crippen molar-refractivity contribution in [3.8, 4) is 0 Å². The molecule has 5 heteroatoms. The molecule has 0 bridgehead atoms. The van der Waals surface area contributed by atoms with E-state index in [0.717, 1.165) is 26.1 Å². The second kappa shape index (κ2) is 6.81. The fraction of sp³-hybridized carbons (Fsp3) is 0.714. The second-order valence-electron chi connectivity index (χ2n) is 5.37. The van der Waals surface area contributed by atoms with Gasteiger partial charge in [0.25, 0.3) is 0 Å². The summed E-state index contributed by atoms with van der Waals surface area (Å²) in [5, 5.41) is 13.7. The summed E-state index contributed by atoms with van der Waals surface area (Å²) in [6, 6.07) is 4.33. The van der Waals surface area contributed by atoms with E-state index in [1.165, 1.54) is 9.75 Å². The van der Waals surface area contributed by atoms with Crippen molar-refractivity contribution in [1.82, 2.24) is 10.2 Å². The van der Waals surface area contributed by atoms with E-state index in [9.17, 15) is 5.11 Å². The first-order valence-corrected chi connectivity index (χ1v) is 7.63. The van der Waals surface area contributed by atoms with Gasteiger partial charge in [-0.25, -0.2) is 0 Å². The molecular formula is C14H24N2O2S. The maximum absolute atomic E-state index is 10.5. The number of methoxy groups -OCH3 is 1. The van der Waals surface area contributed by atoms with Crippen LogP contribution in [0.2, 0.25) is 0 Å². The van der Waals surface area contributed by atoms with Crippen LogP contribution >= 0.6 is 11.3 Å². The molecule has 0 aromatic carbocycles. The molecule has 0 spiro atoms. The molecule has 108 valence electrons. The van der Waals surface area contributed by atoms with E-state index in [1.54, 1.807) is 7.11 Å². The van der Waals surface area contributed by atoms with Gasteiger partial charge < -0.3 is 15.2 Å². The molecule has 1 aromatic heterocycles. The molecular weight excluding hydrogens is 260 g/mol. The minimum absolute atomic E-state index is 0.583. The Kier molecular flexibility index (Phi) is 5.36. The van der Waals surface area contributed by atoms with Crippen LogP contribution in [0.1, 0.15) is 16.2 Å². The number of β-amino-alcohol motifs (C(OH)–C–C–N with tert-alkyl or cyclic N) is 1. The van der Waals surface area contributed by atoms with Gasteiger partial charge in [-0.15, -0.1) is 11.3 Å². The average molecular weight is 284 g/mol. The Bertz CT molecular complexity index is 389. The van der Waals surface area contributed by atoms with Gasteiger partial charge in [-0.1, -0.05) is 0 Å². The monoisotopic (exact) mass is 284 g/mol. The van der Waals surface area contributed by atoms with E-state index in [1.807, 2.05) is 11.3 Å². The smallest absolute Gasteiger partial charge is 0.0909 e. The van der Waals surface area contributed by atoms with Gasteiger partial charge in [-0.3, -0.25) is 4.90 Å². The highest BCUT2D eigenvalue weighted by molar-refractivity contribution is 7.11. The van der Waals surface area contributed by atoms with Crippen LogP contribution in [-0.4, -0.2) is 55.5 Å². The van der Waals surface area contributed by atoms with Crippen LogP contribution in [0.4, 0.5) is 0 Å². The predicted octanol–water partition coefficient (Wildman–Crippen LogP) is 1.23. The Morgan fingerprint density at radius 1 is 1.53 bits per heavy atom. The van der Waals surface area contributed by atoms with Crippen LogP contribution in [0.5, 0.6) is 0 Å². The first kappa shape index (κ1) is 14.9. The van der Waals surface area contributed by atoms with Gasteiger partial charge in [0.05, 0.1) is 12.2 Å². The van der Waals surface area contributed by atoms with Gasteiger partial charge in [-0.2, -0.15) is 0 Å². The Labute approximate surface area is 119 Å². The van der Waals surface area contributed by atoms with Crippen LogP contribution in [-0.2, 0) is 11.3 Å². The topological polar surface area (TPSA) is 44.7 Å². The zero-order valence-corrected chi connectivity index (χ0v) is 12.6. The summed E-state index contributed by atoms with van der Waals surface area (Å²) in [5.41, 5.74) is -0.583. The summed E-state index contributed by atoms with van der Waals surface area (Å²) in [5.74, 6) is 0. The molecule has 2 rings (SSSR count). The summed E-state index contributed by atoms with van der Waals surface area (Å²) < 4.78 is 5.18. The van der Waals surface area contributed by atoms with E-state index < -0.39 is 5.60 Å². The molecule has 0 unspecified atom stereocenters. The summed E-state index contributed by atoms with van der Waals surface area (Å²) in [6.07, 6.45) is 0.833. The van der Waals surface area contributed by atoms with E-state index in [2.05, 4.69) is 29.3 Å². The third-order valence-electron chi connectivity index (χ3n) is 3.53. The van der Waals surface area contributed by atoms with E-state index in [4.69, 9.17) is 4.74 Å². The Morgan fingerprint density at radius 3 is 2.95 bits per heavy atom. The molecule has 1 saturated heterocycles. The van der Waals surface area contributed by atoms with Crippen LogP contribution in [0.15, 0.2) is 12.1 Å². The van der Waals surface area contributed by atoms with Gasteiger partial charge in [0.15, 0.2) is 0 Å². The van der Waals surface area contributed by atoms with Gasteiger partial charge in [0.1, 0.15) is 0 Å². The van der Waals surface area contributed by atoms with Crippen molar-refractivity contribution in [2.75, 3.05) is 39.9 Å². The number of thiophene rings is 1. The lowest BCUT2D eigenvalue weighted by Gasteiger charge is -2.30. The lowest BCUT2D eigenvalue weighted by molar-refractivity contribution is 0.0114. The minimum atomic E-state index is -0.583. The maximum Gasteiger partial charge on any atom is 0.0909 e. The highest BCUT2D eigenvalue weighted by Gasteiger charge is 2.32. The highest BCUT2D eigenvalue weighted by Crippen LogP contribution is 2.20. The number of ether oxygens (including phenoxy) is 1. The molecule has 2 heterocycles. The second-order valence-corrected chi connectivity index (χ2v) is 6.74. The molecule has 1 aliphatic heterocycles. The number of hydrogen-bond acceptors (Lipinski definition) is 5. The van der Waals surface area contributed by atoms with Gasteiger partial charge >= 0.3 is 0 Å². The molecule has 0 amide bonds. The van der Waals surface area contributed by atoms with Crippen molar-refractivity contribution < 1.29 is 9.84 Å². The third-order valence-corrected chi connectivity index (χ3v) is 4.51. The minimum Gasteiger partial charge on any atom is -0.387 e. The van der Waals surface area contributed by atoms with Crippen molar-refractivity contribution in [3.63, 3.8) is 0 Å². The van der Waals surface area contributed by atoms with E-state index in [-0.39, 0.29) is 0 Å². The normalized spacial score (nSPS) is 23.4. The number of nitrogens with zero attached hydrogens (tertiary/aromatic N) is 1. The van der Waals surface area contributed by atoms with Crippen LogP contribution < -0.4 is 5.32 Å². The number of hydrogen-bond donors (Lipinski definition) is 2. The van der Waals surface area contributed by atoms with Crippen LogP contribution in [0, 0.1) is 6.92 Å². The van der Waals surface area contributed by atoms with Crippen molar-refractivity contribution in [1.29, 1.82) is 0 Å². The van der Waals surface area contributed by atoms with Crippen LogP contribution in [0.25, 0.3) is 0 Å². The number of aryl methyl sites for hydroxylation is 1. The van der Waals surface area contributed by atoms with Gasteiger partial charge in [0, 0.05) is 43.0 Å². The third kappa shape index (κ3) is 4.54. The zero-order valence-electron chi connectivity index (χ0n) is 11.8. The molecule has 0 aliphatic carbocycles. The maximum atomic E-state index is 10.5. The summed E-state index contributed by atoms with van der Waals surface area (Å²) in [7, 11) is 1.72. The predicted molar refractivity (Wildman–Crippen MR) is 78.6 cm³/mol. The molecule has 2 N–H and O–H groups in total. The number of rotatable bonds is 7. The quantitative estimate of drug-likeness (QED) is 0.790. The largest absolute Gasteiger partial charge is 0.387 e. The first-order chi connectivity index (χ1) is 9.11. The number of aliphatic hydroxyl groups is 1. The SMILES string of the molecule is COCCN(Cc1ccc(C)s1)C[C@@]1(O)CCNC1. The van der Waals surface area contributed by atoms with Crippen LogP contribution in [0.3, 0.4) is 0 Å². The van der Waals surface area contributed by atoms with Crippen molar-refractivity contribution >= 4 is 11.3 Å². The molecule has 0 saturated carbocycles. The van der Waals surface area contributed by atoms with E-state index >= 15 is 0 Å². The summed E-state index contributed by atoms with van der Waals surface area (Å²) >= 11 is 1.83. The standard InChI is InChI=1S/C14H24N2O2S/c1-12-3-4-13(19-12)9-16(7-8-18-2)11-14(17)5-6-15-10-14/h3-4,15,17H,5-11H2,1-2H3/t14-/m1/s1. The van der Waals surface area contributed by atoms with Gasteiger partial charge in [0.2, 0.25) is 0 Å². The molecule has 1 aliphatic rings. The lowest BCUT2D eigenvalue weighted by Crippen LogP contribution is -2.45. The fourth-order valence-electron chi connectivity index (χ4n) is 2.51. The molecule has 19 heavy (non-hydrogen) atoms. The fourth-order valence-corrected chi connectivity index (χ4v) is 3.44. The first-order valence-electron chi connectivity index (χ1n) is 6.81. The molecule has 4 nitrogen and oxygen atoms in total. The summed E-state index contributed by atoms with van der Waals surface area (Å²) in [4.78, 5) is 4.98. The Balaban J connectivity index is 1.94. The van der Waals surface area contributed by atoms with E-state index in [0.29, 0.717) is 19.7 Å². The lowest BCUT2D eigenvalue weighted by atomic mass is 10.0.